The van der Waals surface area contributed by atoms with Gasteiger partial charge < -0.3 is 4.74 Å². The monoisotopic (exact) mass is 220 g/mol. The number of hydrogen-bond donors (Lipinski definition) is 0. The molecule has 0 aliphatic rings. The molecular weight excluding hydrogens is 200 g/mol. The van der Waals surface area contributed by atoms with E-state index in [2.05, 4.69) is 13.8 Å². The Labute approximate surface area is 97.6 Å². The van der Waals surface area contributed by atoms with Crippen LogP contribution in [0.15, 0.2) is 24.3 Å². The lowest BCUT2D eigenvalue weighted by molar-refractivity contribution is 0.0983. The van der Waals surface area contributed by atoms with E-state index in [1.165, 1.54) is 0 Å². The summed E-state index contributed by atoms with van der Waals surface area (Å²) >= 11 is 0. The van der Waals surface area contributed by atoms with Gasteiger partial charge in [0.15, 0.2) is 5.78 Å². The zero-order chi connectivity index (χ0) is 12.0. The van der Waals surface area contributed by atoms with E-state index in [0.29, 0.717) is 24.5 Å². The Morgan fingerprint density at radius 3 is 2.62 bits per heavy atom. The summed E-state index contributed by atoms with van der Waals surface area (Å²) in [6.07, 6.45) is 1.60. The van der Waals surface area contributed by atoms with Crippen molar-refractivity contribution in [3.63, 3.8) is 0 Å². The van der Waals surface area contributed by atoms with Crippen molar-refractivity contribution in [2.75, 3.05) is 6.61 Å². The summed E-state index contributed by atoms with van der Waals surface area (Å²) in [5.41, 5.74) is 0.702. The molecule has 88 valence electrons. The first-order chi connectivity index (χ1) is 7.69. The van der Waals surface area contributed by atoms with E-state index in [4.69, 9.17) is 4.74 Å². The van der Waals surface area contributed by atoms with Crippen molar-refractivity contribution < 1.29 is 9.53 Å². The lowest BCUT2D eigenvalue weighted by atomic mass is 10.1. The number of benzene rings is 1. The first-order valence-electron chi connectivity index (χ1n) is 5.94. The number of ether oxygens (including phenoxy) is 1. The Bertz CT molecular complexity index is 344. The van der Waals surface area contributed by atoms with E-state index < -0.39 is 0 Å². The van der Waals surface area contributed by atoms with Crippen LogP contribution in [0.2, 0.25) is 0 Å². The zero-order valence-corrected chi connectivity index (χ0v) is 10.3. The van der Waals surface area contributed by atoms with Crippen molar-refractivity contribution in [1.82, 2.24) is 0 Å². The van der Waals surface area contributed by atoms with E-state index in [1.807, 2.05) is 31.2 Å². The molecule has 0 aromatic heterocycles. The minimum Gasteiger partial charge on any atom is -0.493 e. The van der Waals surface area contributed by atoms with Gasteiger partial charge in [0.1, 0.15) is 5.75 Å². The van der Waals surface area contributed by atoms with Crippen molar-refractivity contribution >= 4 is 5.78 Å². The first-order valence-corrected chi connectivity index (χ1v) is 5.94. The van der Waals surface area contributed by atoms with Crippen LogP contribution in [0, 0.1) is 5.92 Å². The van der Waals surface area contributed by atoms with Gasteiger partial charge in [0.05, 0.1) is 12.2 Å². The second-order valence-electron chi connectivity index (χ2n) is 4.10. The van der Waals surface area contributed by atoms with E-state index in [9.17, 15) is 4.79 Å². The van der Waals surface area contributed by atoms with Crippen molar-refractivity contribution in [2.45, 2.75) is 33.6 Å². The molecule has 1 unspecified atom stereocenters. The molecule has 16 heavy (non-hydrogen) atoms. The fraction of sp³-hybridized carbons (Fsp3) is 0.500. The number of rotatable bonds is 6. The fourth-order valence-corrected chi connectivity index (χ4v) is 1.36. The number of hydrogen-bond acceptors (Lipinski definition) is 2. The number of Topliss-reactive ketones (excluding diaryl/α,β-unsaturated/α-hetero) is 1. The van der Waals surface area contributed by atoms with Gasteiger partial charge in [0, 0.05) is 6.42 Å². The fourth-order valence-electron chi connectivity index (χ4n) is 1.36. The smallest absolute Gasteiger partial charge is 0.166 e. The van der Waals surface area contributed by atoms with Crippen LogP contribution >= 0.6 is 0 Å². The molecule has 0 radical (unpaired) electrons. The molecule has 1 aromatic carbocycles. The average Bonchev–Trinajstić information content (AvgIpc) is 2.35. The molecule has 1 aromatic rings. The van der Waals surface area contributed by atoms with Crippen LogP contribution in [0.25, 0.3) is 0 Å². The minimum atomic E-state index is 0.139. The van der Waals surface area contributed by atoms with Gasteiger partial charge in [-0.1, -0.05) is 39.3 Å². The lowest BCUT2D eigenvalue weighted by Gasteiger charge is -2.13. The Morgan fingerprint density at radius 2 is 2.00 bits per heavy atom. The Hall–Kier alpha value is -1.31. The Morgan fingerprint density at radius 1 is 1.31 bits per heavy atom. The molecule has 0 aliphatic carbocycles. The summed E-state index contributed by atoms with van der Waals surface area (Å²) in [6.45, 7) is 6.82. The Kier molecular flexibility index (Phi) is 5.03. The number of carbonyl (C=O) groups is 1. The molecule has 0 spiro atoms. The summed E-state index contributed by atoms with van der Waals surface area (Å²) in [7, 11) is 0. The average molecular weight is 220 g/mol. The van der Waals surface area contributed by atoms with Crippen LogP contribution in [-0.4, -0.2) is 12.4 Å². The van der Waals surface area contributed by atoms with Gasteiger partial charge in [-0.15, -0.1) is 0 Å². The molecular formula is C14H20O2. The molecule has 0 aliphatic heterocycles. The zero-order valence-electron chi connectivity index (χ0n) is 10.3. The highest BCUT2D eigenvalue weighted by Crippen LogP contribution is 2.20. The molecule has 0 heterocycles. The van der Waals surface area contributed by atoms with E-state index in [1.54, 1.807) is 0 Å². The van der Waals surface area contributed by atoms with Crippen molar-refractivity contribution in [3.8, 4) is 5.75 Å². The predicted octanol–water partition coefficient (Wildman–Crippen LogP) is 3.70. The molecule has 0 N–H and O–H groups in total. The Balaban J connectivity index is 2.75. The van der Waals surface area contributed by atoms with E-state index in [0.717, 1.165) is 12.2 Å². The maximum atomic E-state index is 11.7. The van der Waals surface area contributed by atoms with Crippen LogP contribution in [-0.2, 0) is 0 Å². The third-order valence-electron chi connectivity index (χ3n) is 2.73. The lowest BCUT2D eigenvalue weighted by Crippen LogP contribution is -2.10. The summed E-state index contributed by atoms with van der Waals surface area (Å²) in [5.74, 6) is 1.37. The third-order valence-corrected chi connectivity index (χ3v) is 2.73. The summed E-state index contributed by atoms with van der Waals surface area (Å²) in [6, 6.07) is 7.47. The van der Waals surface area contributed by atoms with Gasteiger partial charge in [-0.3, -0.25) is 4.79 Å². The SMILES string of the molecule is CCC(=O)c1ccccc1OCC(C)CC. The second-order valence-corrected chi connectivity index (χ2v) is 4.10. The maximum absolute atomic E-state index is 11.7. The quantitative estimate of drug-likeness (QED) is 0.683. The molecule has 1 atom stereocenters. The summed E-state index contributed by atoms with van der Waals surface area (Å²) < 4.78 is 5.69. The van der Waals surface area contributed by atoms with Crippen LogP contribution < -0.4 is 4.74 Å². The standard InChI is InChI=1S/C14H20O2/c1-4-11(3)10-16-14-9-7-6-8-12(14)13(15)5-2/h6-9,11H,4-5,10H2,1-3H3. The molecule has 2 nitrogen and oxygen atoms in total. The highest BCUT2D eigenvalue weighted by molar-refractivity contribution is 5.98. The van der Waals surface area contributed by atoms with Gasteiger partial charge in [0.25, 0.3) is 0 Å². The van der Waals surface area contributed by atoms with Gasteiger partial charge >= 0.3 is 0 Å². The molecule has 0 bridgehead atoms. The van der Waals surface area contributed by atoms with Crippen LogP contribution in [0.5, 0.6) is 5.75 Å². The minimum absolute atomic E-state index is 0.139. The molecule has 2 heteroatoms. The highest BCUT2D eigenvalue weighted by atomic mass is 16.5. The van der Waals surface area contributed by atoms with E-state index >= 15 is 0 Å². The maximum Gasteiger partial charge on any atom is 0.166 e. The van der Waals surface area contributed by atoms with Gasteiger partial charge in [-0.2, -0.15) is 0 Å². The first kappa shape index (κ1) is 12.8. The molecule has 0 fully saturated rings. The summed E-state index contributed by atoms with van der Waals surface area (Å²) in [5, 5.41) is 0. The number of para-hydroxylation sites is 1. The second kappa shape index (κ2) is 6.31. The normalized spacial score (nSPS) is 12.2. The van der Waals surface area contributed by atoms with Crippen LogP contribution in [0.1, 0.15) is 44.0 Å². The molecule has 0 amide bonds. The van der Waals surface area contributed by atoms with Crippen molar-refractivity contribution in [2.24, 2.45) is 5.92 Å². The molecule has 0 saturated carbocycles. The molecule has 1 rings (SSSR count). The topological polar surface area (TPSA) is 26.3 Å². The largest absolute Gasteiger partial charge is 0.493 e. The van der Waals surface area contributed by atoms with Crippen molar-refractivity contribution in [3.05, 3.63) is 29.8 Å². The van der Waals surface area contributed by atoms with Crippen molar-refractivity contribution in [1.29, 1.82) is 0 Å². The van der Waals surface area contributed by atoms with Gasteiger partial charge in [0.2, 0.25) is 0 Å². The van der Waals surface area contributed by atoms with Crippen LogP contribution in [0.4, 0.5) is 0 Å². The number of ketones is 1. The van der Waals surface area contributed by atoms with Crippen LogP contribution in [0.3, 0.4) is 0 Å². The van der Waals surface area contributed by atoms with E-state index in [-0.39, 0.29) is 5.78 Å². The summed E-state index contributed by atoms with van der Waals surface area (Å²) in [4.78, 5) is 11.7. The predicted molar refractivity (Wildman–Crippen MR) is 66.0 cm³/mol. The highest BCUT2D eigenvalue weighted by Gasteiger charge is 2.10. The molecule has 0 saturated heterocycles. The third kappa shape index (κ3) is 3.37. The van der Waals surface area contributed by atoms with Gasteiger partial charge in [-0.05, 0) is 18.1 Å². The number of carbonyl (C=O) groups excluding carboxylic acids is 1. The van der Waals surface area contributed by atoms with Gasteiger partial charge in [-0.25, -0.2) is 0 Å².